The summed E-state index contributed by atoms with van der Waals surface area (Å²) in [5.74, 6) is -0.0679. The Morgan fingerprint density at radius 2 is 2.12 bits per heavy atom. The second-order valence-corrected chi connectivity index (χ2v) is 6.59. The first kappa shape index (κ1) is 15.1. The second kappa shape index (κ2) is 5.60. The Hall–Kier alpha value is -2.40. The molecule has 2 aromatic rings. The number of anilines is 1. The summed E-state index contributed by atoms with van der Waals surface area (Å²) >= 11 is 6.30. The molecule has 0 saturated carbocycles. The van der Waals surface area contributed by atoms with E-state index in [1.165, 1.54) is 18.2 Å². The summed E-state index contributed by atoms with van der Waals surface area (Å²) in [5, 5.41) is 14.8. The molecule has 122 valence electrons. The molecule has 0 bridgehead atoms. The zero-order valence-corrected chi connectivity index (χ0v) is 13.3. The van der Waals surface area contributed by atoms with Gasteiger partial charge in [-0.2, -0.15) is 0 Å². The number of nitrogens with one attached hydrogen (secondary N) is 1. The minimum Gasteiger partial charge on any atom is -0.376 e. The van der Waals surface area contributed by atoms with Crippen LogP contribution < -0.4 is 5.32 Å². The summed E-state index contributed by atoms with van der Waals surface area (Å²) in [7, 11) is 0. The van der Waals surface area contributed by atoms with Crippen molar-refractivity contribution in [2.24, 2.45) is 5.92 Å². The molecule has 0 unspecified atom stereocenters. The molecule has 2 aromatic carbocycles. The van der Waals surface area contributed by atoms with E-state index < -0.39 is 4.92 Å². The number of fused-ring (bicyclic) bond motifs is 3. The maximum atomic E-state index is 13.6. The average molecular weight is 345 g/mol. The van der Waals surface area contributed by atoms with Crippen molar-refractivity contribution in [2.45, 2.75) is 18.4 Å². The lowest BCUT2D eigenvalue weighted by molar-refractivity contribution is -0.384. The normalized spacial score (nSPS) is 24.2. The van der Waals surface area contributed by atoms with Crippen LogP contribution in [0.3, 0.4) is 0 Å². The van der Waals surface area contributed by atoms with Gasteiger partial charge in [0, 0.05) is 18.1 Å². The van der Waals surface area contributed by atoms with Crippen molar-refractivity contribution in [2.75, 3.05) is 5.32 Å². The molecule has 0 radical (unpaired) electrons. The smallest absolute Gasteiger partial charge is 0.271 e. The van der Waals surface area contributed by atoms with Crippen LogP contribution in [0.1, 0.15) is 29.5 Å². The van der Waals surface area contributed by atoms with Crippen LogP contribution in [-0.2, 0) is 0 Å². The van der Waals surface area contributed by atoms with Crippen LogP contribution in [0.25, 0.3) is 0 Å². The molecule has 0 fully saturated rings. The number of nitro benzene ring substituents is 1. The molecule has 0 amide bonds. The van der Waals surface area contributed by atoms with Gasteiger partial charge in [-0.25, -0.2) is 4.39 Å². The highest BCUT2D eigenvalue weighted by atomic mass is 35.5. The molecule has 3 atom stereocenters. The molecule has 0 saturated heterocycles. The Balaban J connectivity index is 1.83. The summed E-state index contributed by atoms with van der Waals surface area (Å²) in [4.78, 5) is 10.7. The van der Waals surface area contributed by atoms with Crippen LogP contribution in [0, 0.1) is 21.8 Å². The predicted molar refractivity (Wildman–Crippen MR) is 90.9 cm³/mol. The minimum atomic E-state index is -0.432. The quantitative estimate of drug-likeness (QED) is 0.462. The minimum absolute atomic E-state index is 0.0104. The Morgan fingerprint density at radius 3 is 2.88 bits per heavy atom. The monoisotopic (exact) mass is 344 g/mol. The lowest BCUT2D eigenvalue weighted by Gasteiger charge is -2.37. The topological polar surface area (TPSA) is 55.2 Å². The van der Waals surface area contributed by atoms with E-state index in [1.807, 2.05) is 6.07 Å². The Morgan fingerprint density at radius 1 is 1.29 bits per heavy atom. The van der Waals surface area contributed by atoms with Crippen molar-refractivity contribution < 1.29 is 9.31 Å². The maximum absolute atomic E-state index is 13.6. The van der Waals surface area contributed by atoms with E-state index in [9.17, 15) is 14.5 Å². The Kier molecular flexibility index (Phi) is 3.53. The number of benzene rings is 2. The molecule has 24 heavy (non-hydrogen) atoms. The molecule has 1 N–H and O–H groups in total. The van der Waals surface area contributed by atoms with Crippen molar-refractivity contribution in [3.63, 3.8) is 0 Å². The van der Waals surface area contributed by atoms with E-state index in [0.717, 1.165) is 17.5 Å². The molecule has 1 aliphatic heterocycles. The molecule has 1 aliphatic carbocycles. The van der Waals surface area contributed by atoms with Crippen molar-refractivity contribution in [3.8, 4) is 0 Å². The van der Waals surface area contributed by atoms with Crippen LogP contribution in [0.2, 0.25) is 5.02 Å². The van der Waals surface area contributed by atoms with Crippen LogP contribution in [0.5, 0.6) is 0 Å². The largest absolute Gasteiger partial charge is 0.376 e. The van der Waals surface area contributed by atoms with Gasteiger partial charge in [0.05, 0.1) is 21.7 Å². The van der Waals surface area contributed by atoms with E-state index in [-0.39, 0.29) is 29.4 Å². The van der Waals surface area contributed by atoms with E-state index in [1.54, 1.807) is 12.1 Å². The molecular formula is C18H14ClFN2O2. The molecule has 1 heterocycles. The first-order valence-corrected chi connectivity index (χ1v) is 8.09. The van der Waals surface area contributed by atoms with Gasteiger partial charge < -0.3 is 5.32 Å². The second-order valence-electron chi connectivity index (χ2n) is 6.18. The number of rotatable bonds is 2. The average Bonchev–Trinajstić information content (AvgIpc) is 3.04. The van der Waals surface area contributed by atoms with Crippen molar-refractivity contribution in [3.05, 3.63) is 80.6 Å². The zero-order valence-electron chi connectivity index (χ0n) is 12.6. The third-order valence-corrected chi connectivity index (χ3v) is 5.12. The first-order chi connectivity index (χ1) is 11.5. The van der Waals surface area contributed by atoms with E-state index in [2.05, 4.69) is 17.5 Å². The fourth-order valence-corrected chi connectivity index (χ4v) is 4.05. The number of nitro groups is 1. The van der Waals surface area contributed by atoms with Gasteiger partial charge in [0.25, 0.3) is 5.69 Å². The Bertz CT molecular complexity index is 868. The van der Waals surface area contributed by atoms with Gasteiger partial charge in [-0.1, -0.05) is 35.9 Å². The predicted octanol–water partition coefficient (Wildman–Crippen LogP) is 5.21. The number of non-ortho nitro benzene ring substituents is 1. The molecule has 6 heteroatoms. The van der Waals surface area contributed by atoms with Crippen LogP contribution in [0.15, 0.2) is 48.6 Å². The van der Waals surface area contributed by atoms with Crippen molar-refractivity contribution >= 4 is 23.0 Å². The summed E-state index contributed by atoms with van der Waals surface area (Å²) in [5.41, 5.74) is 2.38. The summed E-state index contributed by atoms with van der Waals surface area (Å²) in [6, 6.07) is 9.38. The zero-order chi connectivity index (χ0) is 16.8. The van der Waals surface area contributed by atoms with Gasteiger partial charge in [0.1, 0.15) is 5.82 Å². The lowest BCUT2D eigenvalue weighted by atomic mass is 9.77. The molecule has 0 aromatic heterocycles. The molecular weight excluding hydrogens is 331 g/mol. The van der Waals surface area contributed by atoms with Gasteiger partial charge in [-0.05, 0) is 35.6 Å². The van der Waals surface area contributed by atoms with Gasteiger partial charge >= 0.3 is 0 Å². The van der Waals surface area contributed by atoms with E-state index >= 15 is 0 Å². The number of allylic oxidation sites excluding steroid dienone is 2. The highest BCUT2D eigenvalue weighted by Gasteiger charge is 2.39. The summed E-state index contributed by atoms with van der Waals surface area (Å²) in [6.45, 7) is 0. The van der Waals surface area contributed by atoms with Gasteiger partial charge in [0.2, 0.25) is 0 Å². The van der Waals surface area contributed by atoms with Gasteiger partial charge in [-0.15, -0.1) is 0 Å². The fourth-order valence-electron chi connectivity index (χ4n) is 3.78. The molecule has 0 spiro atoms. The highest BCUT2D eigenvalue weighted by molar-refractivity contribution is 6.33. The molecule has 2 aliphatic rings. The SMILES string of the molecule is O=[N+]([O-])c1cc(Cl)c2c(c1)[C@H]1C=CC[C@@H]1[C@@H](c1cccc(F)c1)N2. The standard InChI is InChI=1S/C18H14ClFN2O2/c19-16-9-12(22(23)24)8-15-13-5-2-6-14(13)17(21-18(15)16)10-3-1-4-11(20)7-10/h1-5,7-9,13-14,17,21H,6H2/t13-,14-,17+/m0/s1. The fraction of sp³-hybridized carbons (Fsp3) is 0.222. The summed E-state index contributed by atoms with van der Waals surface area (Å²) in [6.07, 6.45) is 4.97. The Labute approximate surface area is 143 Å². The van der Waals surface area contributed by atoms with Gasteiger partial charge in [0.15, 0.2) is 0 Å². The first-order valence-electron chi connectivity index (χ1n) is 7.71. The van der Waals surface area contributed by atoms with Crippen molar-refractivity contribution in [1.82, 2.24) is 0 Å². The number of halogens is 2. The van der Waals surface area contributed by atoms with E-state index in [4.69, 9.17) is 11.6 Å². The third-order valence-electron chi connectivity index (χ3n) is 4.82. The number of nitrogens with zero attached hydrogens (tertiary/aromatic N) is 1. The number of hydrogen-bond acceptors (Lipinski definition) is 3. The third kappa shape index (κ3) is 2.36. The maximum Gasteiger partial charge on any atom is 0.271 e. The van der Waals surface area contributed by atoms with Crippen LogP contribution in [-0.4, -0.2) is 4.92 Å². The van der Waals surface area contributed by atoms with Crippen LogP contribution >= 0.6 is 11.6 Å². The summed E-state index contributed by atoms with van der Waals surface area (Å²) < 4.78 is 13.6. The van der Waals surface area contributed by atoms with Gasteiger partial charge in [-0.3, -0.25) is 10.1 Å². The molecule has 4 rings (SSSR count). The van der Waals surface area contributed by atoms with Crippen molar-refractivity contribution in [1.29, 1.82) is 0 Å². The highest BCUT2D eigenvalue weighted by Crippen LogP contribution is 2.52. The van der Waals surface area contributed by atoms with Crippen LogP contribution in [0.4, 0.5) is 15.8 Å². The lowest BCUT2D eigenvalue weighted by Crippen LogP contribution is -2.29. The van der Waals surface area contributed by atoms with E-state index in [0.29, 0.717) is 10.7 Å². The number of hydrogen-bond donors (Lipinski definition) is 1. The molecule has 4 nitrogen and oxygen atoms in total.